The first-order valence-electron chi connectivity index (χ1n) is 5.40. The molecule has 2 N–H and O–H groups in total. The van der Waals surface area contributed by atoms with E-state index in [2.05, 4.69) is 56.1 Å². The highest BCUT2D eigenvalue weighted by Crippen LogP contribution is 2.20. The second-order valence-electron chi connectivity index (χ2n) is 3.99. The highest BCUT2D eigenvalue weighted by atomic mass is 79.9. The number of hydrogen-bond donors (Lipinski definition) is 1. The van der Waals surface area contributed by atoms with E-state index < -0.39 is 0 Å². The van der Waals surface area contributed by atoms with Crippen molar-refractivity contribution in [2.24, 2.45) is 5.73 Å². The molecule has 0 aliphatic rings. The maximum atomic E-state index is 6.19. The van der Waals surface area contributed by atoms with Crippen molar-refractivity contribution in [3.8, 4) is 0 Å². The van der Waals surface area contributed by atoms with Crippen LogP contribution in [0.4, 0.5) is 0 Å². The van der Waals surface area contributed by atoms with Crippen LogP contribution in [0.1, 0.15) is 17.2 Å². The van der Waals surface area contributed by atoms with Gasteiger partial charge >= 0.3 is 0 Å². The molecule has 17 heavy (non-hydrogen) atoms. The number of nitrogens with two attached hydrogens (primary N) is 1. The fraction of sp³-hybridized carbons (Fsp3) is 0.143. The van der Waals surface area contributed by atoms with Gasteiger partial charge in [0, 0.05) is 15.0 Å². The molecule has 2 rings (SSSR count). The molecule has 0 radical (unpaired) electrons. The normalized spacial score (nSPS) is 12.4. The van der Waals surface area contributed by atoms with Crippen molar-refractivity contribution >= 4 is 31.9 Å². The summed E-state index contributed by atoms with van der Waals surface area (Å²) in [7, 11) is 0. The van der Waals surface area contributed by atoms with Gasteiger partial charge in [0.05, 0.1) is 0 Å². The molecule has 0 fully saturated rings. The van der Waals surface area contributed by atoms with Crippen LogP contribution in [0.25, 0.3) is 0 Å². The molecule has 0 bridgehead atoms. The van der Waals surface area contributed by atoms with Crippen LogP contribution in [-0.4, -0.2) is 0 Å². The largest absolute Gasteiger partial charge is 0.324 e. The Hall–Kier alpha value is -0.640. The zero-order valence-corrected chi connectivity index (χ0v) is 12.4. The number of benzene rings is 2. The molecule has 1 unspecified atom stereocenters. The van der Waals surface area contributed by atoms with Crippen molar-refractivity contribution in [2.45, 2.75) is 12.5 Å². The van der Waals surface area contributed by atoms with Crippen molar-refractivity contribution in [1.29, 1.82) is 0 Å². The lowest BCUT2D eigenvalue weighted by Crippen LogP contribution is -2.13. The van der Waals surface area contributed by atoms with Gasteiger partial charge in [0.1, 0.15) is 0 Å². The molecular weight excluding hydrogens is 342 g/mol. The average Bonchev–Trinajstić information content (AvgIpc) is 2.33. The van der Waals surface area contributed by atoms with Gasteiger partial charge in [0.25, 0.3) is 0 Å². The number of hydrogen-bond acceptors (Lipinski definition) is 1. The summed E-state index contributed by atoms with van der Waals surface area (Å²) in [4.78, 5) is 0. The maximum absolute atomic E-state index is 6.19. The minimum Gasteiger partial charge on any atom is -0.324 e. The third kappa shape index (κ3) is 3.66. The van der Waals surface area contributed by atoms with Gasteiger partial charge in [-0.2, -0.15) is 0 Å². The van der Waals surface area contributed by atoms with Gasteiger partial charge in [-0.1, -0.05) is 56.1 Å². The maximum Gasteiger partial charge on any atom is 0.0335 e. The number of rotatable bonds is 3. The summed E-state index contributed by atoms with van der Waals surface area (Å²) in [6.45, 7) is 0. The molecule has 0 aliphatic carbocycles. The molecule has 0 spiro atoms. The molecule has 3 heteroatoms. The molecule has 0 aliphatic heterocycles. The summed E-state index contributed by atoms with van der Waals surface area (Å²) in [6, 6.07) is 16.5. The summed E-state index contributed by atoms with van der Waals surface area (Å²) >= 11 is 6.85. The molecule has 0 amide bonds. The quantitative estimate of drug-likeness (QED) is 0.865. The average molecular weight is 355 g/mol. The van der Waals surface area contributed by atoms with Crippen molar-refractivity contribution in [3.05, 3.63) is 68.6 Å². The Morgan fingerprint density at radius 3 is 1.82 bits per heavy atom. The molecule has 0 aromatic heterocycles. The lowest BCUT2D eigenvalue weighted by molar-refractivity contribution is 0.722. The van der Waals surface area contributed by atoms with Gasteiger partial charge in [-0.15, -0.1) is 0 Å². The predicted octanol–water partition coefficient (Wildman–Crippen LogP) is 4.45. The lowest BCUT2D eigenvalue weighted by Gasteiger charge is -2.12. The highest BCUT2D eigenvalue weighted by molar-refractivity contribution is 9.10. The van der Waals surface area contributed by atoms with E-state index >= 15 is 0 Å². The van der Waals surface area contributed by atoms with Crippen molar-refractivity contribution in [2.75, 3.05) is 0 Å². The van der Waals surface area contributed by atoms with Gasteiger partial charge in [0.15, 0.2) is 0 Å². The lowest BCUT2D eigenvalue weighted by atomic mass is 10.00. The zero-order valence-electron chi connectivity index (χ0n) is 9.24. The van der Waals surface area contributed by atoms with E-state index in [1.54, 1.807) is 0 Å². The van der Waals surface area contributed by atoms with E-state index in [1.165, 1.54) is 5.56 Å². The summed E-state index contributed by atoms with van der Waals surface area (Å²) in [6.07, 6.45) is 0.856. The van der Waals surface area contributed by atoms with E-state index in [1.807, 2.05) is 24.3 Å². The molecule has 2 aromatic rings. The Balaban J connectivity index is 2.08. The summed E-state index contributed by atoms with van der Waals surface area (Å²) in [5.74, 6) is 0. The van der Waals surface area contributed by atoms with E-state index in [-0.39, 0.29) is 6.04 Å². The van der Waals surface area contributed by atoms with Crippen molar-refractivity contribution < 1.29 is 0 Å². The van der Waals surface area contributed by atoms with Gasteiger partial charge in [0.2, 0.25) is 0 Å². The Labute approximate surface area is 118 Å². The van der Waals surface area contributed by atoms with Crippen LogP contribution in [0.15, 0.2) is 57.5 Å². The van der Waals surface area contributed by atoms with E-state index in [9.17, 15) is 0 Å². The predicted molar refractivity (Wildman–Crippen MR) is 78.9 cm³/mol. The van der Waals surface area contributed by atoms with Crippen LogP contribution in [0.3, 0.4) is 0 Å². The first kappa shape index (κ1) is 12.8. The topological polar surface area (TPSA) is 26.0 Å². The minimum atomic E-state index is 0.0456. The van der Waals surface area contributed by atoms with Crippen LogP contribution in [-0.2, 0) is 6.42 Å². The second-order valence-corrected chi connectivity index (χ2v) is 5.82. The molecular formula is C14H13Br2N. The fourth-order valence-corrected chi connectivity index (χ4v) is 2.23. The Bertz CT molecular complexity index is 477. The standard InChI is InChI=1S/C14H13Br2N/c15-12-5-1-10(2-6-12)9-14(17)11-3-7-13(16)8-4-11/h1-8,14H,9,17H2. The van der Waals surface area contributed by atoms with Crippen molar-refractivity contribution in [3.63, 3.8) is 0 Å². The minimum absolute atomic E-state index is 0.0456. The Morgan fingerprint density at radius 1 is 0.824 bits per heavy atom. The van der Waals surface area contributed by atoms with Gasteiger partial charge in [-0.25, -0.2) is 0 Å². The fourth-order valence-electron chi connectivity index (χ4n) is 1.70. The highest BCUT2D eigenvalue weighted by Gasteiger charge is 2.06. The van der Waals surface area contributed by atoms with Crippen LogP contribution in [0.2, 0.25) is 0 Å². The third-order valence-corrected chi connectivity index (χ3v) is 3.72. The number of halogens is 2. The zero-order chi connectivity index (χ0) is 12.3. The third-order valence-electron chi connectivity index (χ3n) is 2.67. The van der Waals surface area contributed by atoms with Gasteiger partial charge < -0.3 is 5.73 Å². The summed E-state index contributed by atoms with van der Waals surface area (Å²) in [5, 5.41) is 0. The second kappa shape index (κ2) is 5.80. The van der Waals surface area contributed by atoms with Gasteiger partial charge in [-0.3, -0.25) is 0 Å². The Kier molecular flexibility index (Phi) is 4.37. The smallest absolute Gasteiger partial charge is 0.0335 e. The first-order valence-corrected chi connectivity index (χ1v) is 6.99. The van der Waals surface area contributed by atoms with Crippen LogP contribution >= 0.6 is 31.9 Å². The molecule has 0 saturated carbocycles. The molecule has 2 aromatic carbocycles. The summed E-state index contributed by atoms with van der Waals surface area (Å²) < 4.78 is 2.18. The molecule has 88 valence electrons. The van der Waals surface area contributed by atoms with Crippen LogP contribution < -0.4 is 5.73 Å². The molecule has 1 nitrogen and oxygen atoms in total. The van der Waals surface area contributed by atoms with Crippen LogP contribution in [0.5, 0.6) is 0 Å². The molecule has 0 heterocycles. The van der Waals surface area contributed by atoms with E-state index in [0.717, 1.165) is 20.9 Å². The van der Waals surface area contributed by atoms with E-state index in [4.69, 9.17) is 5.73 Å². The Morgan fingerprint density at radius 2 is 1.29 bits per heavy atom. The molecule has 1 atom stereocenters. The SMILES string of the molecule is NC(Cc1ccc(Br)cc1)c1ccc(Br)cc1. The van der Waals surface area contributed by atoms with Crippen molar-refractivity contribution in [1.82, 2.24) is 0 Å². The summed E-state index contributed by atoms with van der Waals surface area (Å²) in [5.41, 5.74) is 8.60. The first-order chi connectivity index (χ1) is 8.15. The van der Waals surface area contributed by atoms with Crippen LogP contribution in [0, 0.1) is 0 Å². The monoisotopic (exact) mass is 353 g/mol. The van der Waals surface area contributed by atoms with E-state index in [0.29, 0.717) is 0 Å². The molecule has 0 saturated heterocycles. The van der Waals surface area contributed by atoms with Gasteiger partial charge in [-0.05, 0) is 41.8 Å².